The highest BCUT2D eigenvalue weighted by molar-refractivity contribution is 5.97. The summed E-state index contributed by atoms with van der Waals surface area (Å²) >= 11 is 0. The van der Waals surface area contributed by atoms with Gasteiger partial charge in [-0.15, -0.1) is 0 Å². The normalized spacial score (nSPS) is 11.3. The molecule has 0 aliphatic rings. The Balaban J connectivity index is 1.68. The van der Waals surface area contributed by atoms with Crippen molar-refractivity contribution in [3.8, 4) is 0 Å². The van der Waals surface area contributed by atoms with Crippen molar-refractivity contribution in [2.45, 2.75) is 45.9 Å². The van der Waals surface area contributed by atoms with Crippen molar-refractivity contribution in [3.05, 3.63) is 111 Å². The van der Waals surface area contributed by atoms with E-state index >= 15 is 0 Å². The van der Waals surface area contributed by atoms with Crippen LogP contribution < -0.4 is 5.32 Å². The number of nitro groups is 1. The Morgan fingerprint density at radius 3 is 1.89 bits per heavy atom. The van der Waals surface area contributed by atoms with E-state index in [0.29, 0.717) is 11.1 Å². The number of carbonyl (C=O) groups excluding carboxylic acids is 3. The van der Waals surface area contributed by atoms with Crippen LogP contribution in [0, 0.1) is 24.0 Å². The second kappa shape index (κ2) is 13.0. The lowest BCUT2D eigenvalue weighted by molar-refractivity contribution is -0.386. The zero-order chi connectivity index (χ0) is 26.8. The summed E-state index contributed by atoms with van der Waals surface area (Å²) in [5.41, 5.74) is 2.33. The van der Waals surface area contributed by atoms with Gasteiger partial charge in [0.15, 0.2) is 0 Å². The van der Waals surface area contributed by atoms with Gasteiger partial charge < -0.3 is 14.8 Å². The molecule has 0 heterocycles. The number of ether oxygens (including phenoxy) is 2. The Labute approximate surface area is 214 Å². The Morgan fingerprint density at radius 1 is 0.865 bits per heavy atom. The lowest BCUT2D eigenvalue weighted by Gasteiger charge is -2.18. The molecule has 3 aromatic rings. The van der Waals surface area contributed by atoms with E-state index in [-0.39, 0.29) is 37.3 Å². The van der Waals surface area contributed by atoms with Crippen LogP contribution in [0.4, 0.5) is 5.69 Å². The SMILES string of the molecule is Cc1cc(C(=O)N[C@H](CCC(=O)OCc2ccccc2)C(=O)OCc2ccccc2)cc(C)c1[N+](=O)[O-]. The molecule has 3 rings (SSSR count). The number of nitrogens with one attached hydrogen (secondary N) is 1. The minimum Gasteiger partial charge on any atom is -0.461 e. The van der Waals surface area contributed by atoms with Crippen LogP contribution in [-0.4, -0.2) is 28.8 Å². The fraction of sp³-hybridized carbons (Fsp3) is 0.250. The Bertz CT molecular complexity index is 1240. The number of nitrogens with zero attached hydrogens (tertiary/aromatic N) is 1. The number of hydrogen-bond acceptors (Lipinski definition) is 7. The van der Waals surface area contributed by atoms with E-state index in [1.807, 2.05) is 48.5 Å². The lowest BCUT2D eigenvalue weighted by Crippen LogP contribution is -2.42. The molecule has 0 saturated carbocycles. The molecular weight excluding hydrogens is 476 g/mol. The van der Waals surface area contributed by atoms with Gasteiger partial charge in [-0.3, -0.25) is 19.7 Å². The minimum absolute atomic E-state index is 0.000243. The third-order valence-electron chi connectivity index (χ3n) is 5.63. The smallest absolute Gasteiger partial charge is 0.328 e. The molecule has 0 radical (unpaired) electrons. The van der Waals surface area contributed by atoms with E-state index in [9.17, 15) is 24.5 Å². The van der Waals surface area contributed by atoms with Crippen LogP contribution >= 0.6 is 0 Å². The molecule has 192 valence electrons. The highest BCUT2D eigenvalue weighted by Gasteiger charge is 2.26. The molecule has 0 bridgehead atoms. The predicted molar refractivity (Wildman–Crippen MR) is 136 cm³/mol. The Morgan fingerprint density at radius 2 is 1.38 bits per heavy atom. The van der Waals surface area contributed by atoms with Crippen molar-refractivity contribution in [1.29, 1.82) is 0 Å². The maximum absolute atomic E-state index is 13.0. The van der Waals surface area contributed by atoms with E-state index in [1.54, 1.807) is 12.1 Å². The van der Waals surface area contributed by atoms with Crippen molar-refractivity contribution < 1.29 is 28.8 Å². The van der Waals surface area contributed by atoms with Crippen LogP contribution in [0.3, 0.4) is 0 Å². The van der Waals surface area contributed by atoms with Crippen LogP contribution in [0.2, 0.25) is 0 Å². The van der Waals surface area contributed by atoms with Crippen LogP contribution in [0.15, 0.2) is 72.8 Å². The molecule has 0 fully saturated rings. The topological polar surface area (TPSA) is 125 Å². The predicted octanol–water partition coefficient (Wildman–Crippen LogP) is 4.58. The second-order valence-corrected chi connectivity index (χ2v) is 8.52. The summed E-state index contributed by atoms with van der Waals surface area (Å²) in [6, 6.07) is 19.9. The van der Waals surface area contributed by atoms with Crippen LogP contribution in [0.1, 0.15) is 45.5 Å². The Kier molecular flexibility index (Phi) is 9.48. The molecule has 1 amide bonds. The maximum atomic E-state index is 13.0. The first-order chi connectivity index (χ1) is 17.7. The van der Waals surface area contributed by atoms with Crippen molar-refractivity contribution in [2.24, 2.45) is 0 Å². The van der Waals surface area contributed by atoms with E-state index in [4.69, 9.17) is 9.47 Å². The summed E-state index contributed by atoms with van der Waals surface area (Å²) in [7, 11) is 0. The van der Waals surface area contributed by atoms with E-state index in [1.165, 1.54) is 26.0 Å². The van der Waals surface area contributed by atoms with Gasteiger partial charge in [0, 0.05) is 23.1 Å². The monoisotopic (exact) mass is 504 g/mol. The van der Waals surface area contributed by atoms with Gasteiger partial charge >= 0.3 is 11.9 Å². The number of nitro benzene ring substituents is 1. The first kappa shape index (κ1) is 27.1. The van der Waals surface area contributed by atoms with Crippen molar-refractivity contribution in [3.63, 3.8) is 0 Å². The van der Waals surface area contributed by atoms with Crippen LogP contribution in [-0.2, 0) is 32.3 Å². The number of benzene rings is 3. The van der Waals surface area contributed by atoms with Gasteiger partial charge in [-0.05, 0) is 43.5 Å². The summed E-state index contributed by atoms with van der Waals surface area (Å²) in [6.45, 7) is 3.17. The quantitative estimate of drug-likeness (QED) is 0.230. The van der Waals surface area contributed by atoms with Gasteiger partial charge in [-0.2, -0.15) is 0 Å². The molecule has 0 unspecified atom stereocenters. The lowest BCUT2D eigenvalue weighted by atomic mass is 10.0. The molecule has 37 heavy (non-hydrogen) atoms. The highest BCUT2D eigenvalue weighted by atomic mass is 16.6. The largest absolute Gasteiger partial charge is 0.461 e. The van der Waals surface area contributed by atoms with Crippen molar-refractivity contribution in [1.82, 2.24) is 5.32 Å². The number of carbonyl (C=O) groups is 3. The van der Waals surface area contributed by atoms with E-state index in [0.717, 1.165) is 11.1 Å². The molecular formula is C28H28N2O7. The fourth-order valence-electron chi connectivity index (χ4n) is 3.77. The molecule has 1 atom stereocenters. The molecule has 0 aromatic heterocycles. The molecule has 0 aliphatic heterocycles. The van der Waals surface area contributed by atoms with Gasteiger partial charge in [0.2, 0.25) is 0 Å². The first-order valence-electron chi connectivity index (χ1n) is 11.7. The standard InChI is InChI=1S/C28H28N2O7/c1-19-15-23(16-20(2)26(19)30(34)35)27(32)29-24(28(33)37-18-22-11-7-4-8-12-22)13-14-25(31)36-17-21-9-5-3-6-10-21/h3-12,15-16,24H,13-14,17-18H2,1-2H3,(H,29,32)/t24-/m1/s1. The molecule has 9 heteroatoms. The fourth-order valence-corrected chi connectivity index (χ4v) is 3.77. The second-order valence-electron chi connectivity index (χ2n) is 8.52. The third-order valence-corrected chi connectivity index (χ3v) is 5.63. The average Bonchev–Trinajstić information content (AvgIpc) is 2.88. The number of hydrogen-bond donors (Lipinski definition) is 1. The van der Waals surface area contributed by atoms with Gasteiger partial charge in [0.25, 0.3) is 11.6 Å². The van der Waals surface area contributed by atoms with Gasteiger partial charge in [0.1, 0.15) is 19.3 Å². The van der Waals surface area contributed by atoms with Crippen LogP contribution in [0.25, 0.3) is 0 Å². The third kappa shape index (κ3) is 7.99. The maximum Gasteiger partial charge on any atom is 0.328 e. The zero-order valence-electron chi connectivity index (χ0n) is 20.6. The summed E-state index contributed by atoms with van der Waals surface area (Å²) in [6.07, 6.45) is -0.172. The molecule has 1 N–H and O–H groups in total. The minimum atomic E-state index is -1.13. The molecule has 3 aromatic carbocycles. The van der Waals surface area contributed by atoms with Gasteiger partial charge in [0.05, 0.1) is 4.92 Å². The molecule has 9 nitrogen and oxygen atoms in total. The highest BCUT2D eigenvalue weighted by Crippen LogP contribution is 2.24. The average molecular weight is 505 g/mol. The summed E-state index contributed by atoms with van der Waals surface area (Å²) < 4.78 is 10.7. The zero-order valence-corrected chi connectivity index (χ0v) is 20.6. The van der Waals surface area contributed by atoms with Crippen molar-refractivity contribution >= 4 is 23.5 Å². The van der Waals surface area contributed by atoms with Crippen LogP contribution in [0.5, 0.6) is 0 Å². The first-order valence-corrected chi connectivity index (χ1v) is 11.7. The Hall–Kier alpha value is -4.53. The van der Waals surface area contributed by atoms with E-state index in [2.05, 4.69) is 5.32 Å². The number of amides is 1. The van der Waals surface area contributed by atoms with Crippen molar-refractivity contribution in [2.75, 3.05) is 0 Å². The number of rotatable bonds is 11. The molecule has 0 spiro atoms. The summed E-state index contributed by atoms with van der Waals surface area (Å²) in [5, 5.41) is 13.9. The van der Waals surface area contributed by atoms with Gasteiger partial charge in [-0.1, -0.05) is 60.7 Å². The summed E-state index contributed by atoms with van der Waals surface area (Å²) in [4.78, 5) is 48.9. The molecule has 0 saturated heterocycles. The number of aryl methyl sites for hydroxylation is 2. The van der Waals surface area contributed by atoms with E-state index < -0.39 is 28.8 Å². The number of esters is 2. The molecule has 0 aliphatic carbocycles. The van der Waals surface area contributed by atoms with Gasteiger partial charge in [-0.25, -0.2) is 4.79 Å². The summed E-state index contributed by atoms with van der Waals surface area (Å²) in [5.74, 6) is -1.84.